The zero-order valence-corrected chi connectivity index (χ0v) is 13.9. The van der Waals surface area contributed by atoms with Crippen LogP contribution in [0.15, 0.2) is 30.7 Å². The highest BCUT2D eigenvalue weighted by molar-refractivity contribution is 5.45. The summed E-state index contributed by atoms with van der Waals surface area (Å²) >= 11 is 0. The van der Waals surface area contributed by atoms with Crippen LogP contribution in [0.3, 0.4) is 0 Å². The van der Waals surface area contributed by atoms with E-state index in [4.69, 9.17) is 5.73 Å². The molecule has 0 unspecified atom stereocenters. The van der Waals surface area contributed by atoms with E-state index in [2.05, 4.69) is 19.4 Å². The Labute approximate surface area is 144 Å². The molecule has 0 saturated carbocycles. The number of aromatic nitrogens is 2. The summed E-state index contributed by atoms with van der Waals surface area (Å²) in [4.78, 5) is 6.69. The van der Waals surface area contributed by atoms with Crippen molar-refractivity contribution in [2.75, 3.05) is 19.6 Å². The van der Waals surface area contributed by atoms with Gasteiger partial charge in [-0.1, -0.05) is 6.07 Å². The molecule has 3 heterocycles. The van der Waals surface area contributed by atoms with Crippen molar-refractivity contribution in [2.24, 2.45) is 12.8 Å². The van der Waals surface area contributed by atoms with Crippen molar-refractivity contribution in [3.05, 3.63) is 42.0 Å². The minimum atomic E-state index is -3.57. The number of likely N-dealkylation sites (tertiary alicyclic amines) is 1. The van der Waals surface area contributed by atoms with Crippen molar-refractivity contribution in [1.29, 1.82) is 0 Å². The molecule has 0 amide bonds. The summed E-state index contributed by atoms with van der Waals surface area (Å²) in [5, 5.41) is 0. The van der Waals surface area contributed by atoms with Crippen LogP contribution in [0.5, 0.6) is 11.5 Å². The zero-order valence-electron chi connectivity index (χ0n) is 13.9. The molecule has 4 rings (SSSR count). The van der Waals surface area contributed by atoms with E-state index in [0.29, 0.717) is 0 Å². The average Bonchev–Trinajstić information content (AvgIpc) is 3.20. The van der Waals surface area contributed by atoms with Gasteiger partial charge >= 0.3 is 6.29 Å². The summed E-state index contributed by atoms with van der Waals surface area (Å²) in [5.74, 6) is 0.385. The maximum absolute atomic E-state index is 13.1. The lowest BCUT2D eigenvalue weighted by molar-refractivity contribution is -0.286. The van der Waals surface area contributed by atoms with Crippen molar-refractivity contribution in [3.63, 3.8) is 0 Å². The monoisotopic (exact) mass is 350 g/mol. The Morgan fingerprint density at radius 2 is 2.08 bits per heavy atom. The predicted octanol–water partition coefficient (Wildman–Crippen LogP) is 1.71. The third-order valence-electron chi connectivity index (χ3n) is 4.73. The molecule has 1 aromatic carbocycles. The third-order valence-corrected chi connectivity index (χ3v) is 4.73. The van der Waals surface area contributed by atoms with E-state index in [-0.39, 0.29) is 23.5 Å². The normalized spacial score (nSPS) is 24.8. The quantitative estimate of drug-likeness (QED) is 0.909. The molecule has 8 heteroatoms. The summed E-state index contributed by atoms with van der Waals surface area (Å²) in [6, 6.07) is 4.97. The Hall–Kier alpha value is -2.19. The number of imidazole rings is 1. The number of ether oxygens (including phenoxy) is 2. The fourth-order valence-corrected chi connectivity index (χ4v) is 3.47. The van der Waals surface area contributed by atoms with Crippen LogP contribution in [0.2, 0.25) is 0 Å². The highest BCUT2D eigenvalue weighted by Gasteiger charge is 2.43. The first kappa shape index (κ1) is 16.3. The Balaban J connectivity index is 1.37. The minimum absolute atomic E-state index is 0.0466. The molecule has 1 fully saturated rings. The summed E-state index contributed by atoms with van der Waals surface area (Å²) in [6.45, 7) is 2.44. The van der Waals surface area contributed by atoms with Crippen molar-refractivity contribution in [2.45, 2.75) is 24.7 Å². The molecule has 2 aliphatic rings. The van der Waals surface area contributed by atoms with Gasteiger partial charge in [0.2, 0.25) is 0 Å². The molecule has 2 aliphatic heterocycles. The van der Waals surface area contributed by atoms with Gasteiger partial charge in [-0.3, -0.25) is 0 Å². The van der Waals surface area contributed by atoms with E-state index in [1.165, 1.54) is 6.07 Å². The summed E-state index contributed by atoms with van der Waals surface area (Å²) < 4.78 is 37.0. The first-order valence-corrected chi connectivity index (χ1v) is 8.24. The molecule has 1 saturated heterocycles. The van der Waals surface area contributed by atoms with Gasteiger partial charge in [-0.05, 0) is 24.1 Å². The summed E-state index contributed by atoms with van der Waals surface area (Å²) in [6.07, 6.45) is 0.946. The number of nitrogens with zero attached hydrogens (tertiary/aromatic N) is 3. The number of benzene rings is 1. The molecule has 2 atom stereocenters. The first-order valence-electron chi connectivity index (χ1n) is 8.24. The van der Waals surface area contributed by atoms with Gasteiger partial charge in [-0.25, -0.2) is 4.98 Å². The summed E-state index contributed by atoms with van der Waals surface area (Å²) in [5.41, 5.74) is 8.21. The second-order valence-electron chi connectivity index (χ2n) is 6.69. The number of halogens is 2. The molecule has 0 bridgehead atoms. The van der Waals surface area contributed by atoms with Gasteiger partial charge in [-0.15, -0.1) is 8.78 Å². The number of aryl methyl sites for hydroxylation is 1. The molecule has 6 nitrogen and oxygen atoms in total. The zero-order chi connectivity index (χ0) is 17.6. The van der Waals surface area contributed by atoms with Gasteiger partial charge in [0.05, 0.1) is 12.0 Å². The molecule has 2 aromatic rings. The van der Waals surface area contributed by atoms with Crippen LogP contribution in [0.4, 0.5) is 8.78 Å². The highest BCUT2D eigenvalue weighted by atomic mass is 19.3. The van der Waals surface area contributed by atoms with Crippen LogP contribution in [0.25, 0.3) is 0 Å². The largest absolute Gasteiger partial charge is 0.586 e. The smallest absolute Gasteiger partial charge is 0.395 e. The molecule has 25 heavy (non-hydrogen) atoms. The van der Waals surface area contributed by atoms with E-state index in [0.717, 1.165) is 37.3 Å². The standard InChI is InChI=1S/C17H20F2N4O2/c1-22-9-14(21-10-22)12-7-23(8-13(12)20)5-4-11-2-3-15-16(6-11)25-17(18,19)24-15/h2-3,6,9-10,12-13H,4-5,7-8,20H2,1H3/t12-,13-/m1/s1. The number of rotatable bonds is 4. The SMILES string of the molecule is Cn1cnc([C@@H]2CN(CCc3ccc4c(c3)OC(F)(F)O4)C[C@H]2N)c1. The Bertz CT molecular complexity index is 780. The van der Waals surface area contributed by atoms with E-state index in [1.807, 2.05) is 17.8 Å². The van der Waals surface area contributed by atoms with E-state index in [9.17, 15) is 8.78 Å². The predicted molar refractivity (Wildman–Crippen MR) is 86.7 cm³/mol. The van der Waals surface area contributed by atoms with Gasteiger partial charge in [0.15, 0.2) is 11.5 Å². The van der Waals surface area contributed by atoms with E-state index >= 15 is 0 Å². The Morgan fingerprint density at radius 1 is 1.28 bits per heavy atom. The maximum atomic E-state index is 13.1. The highest BCUT2D eigenvalue weighted by Crippen LogP contribution is 2.41. The molecule has 0 radical (unpaired) electrons. The number of fused-ring (bicyclic) bond motifs is 1. The lowest BCUT2D eigenvalue weighted by Crippen LogP contribution is -2.29. The summed E-state index contributed by atoms with van der Waals surface area (Å²) in [7, 11) is 1.94. The van der Waals surface area contributed by atoms with Crippen LogP contribution >= 0.6 is 0 Å². The van der Waals surface area contributed by atoms with Gasteiger partial charge in [-0.2, -0.15) is 0 Å². The van der Waals surface area contributed by atoms with Crippen molar-refractivity contribution < 1.29 is 18.3 Å². The molecular formula is C17H20F2N4O2. The molecule has 0 aliphatic carbocycles. The fraction of sp³-hybridized carbons (Fsp3) is 0.471. The molecule has 2 N–H and O–H groups in total. The maximum Gasteiger partial charge on any atom is 0.586 e. The second kappa shape index (κ2) is 5.96. The van der Waals surface area contributed by atoms with Crippen molar-refractivity contribution >= 4 is 0 Å². The second-order valence-corrected chi connectivity index (χ2v) is 6.69. The molecule has 134 valence electrons. The van der Waals surface area contributed by atoms with Crippen LogP contribution in [-0.4, -0.2) is 46.4 Å². The minimum Gasteiger partial charge on any atom is -0.395 e. The first-order chi connectivity index (χ1) is 11.9. The topological polar surface area (TPSA) is 65.5 Å². The molecule has 1 aromatic heterocycles. The van der Waals surface area contributed by atoms with E-state index < -0.39 is 6.29 Å². The Kier molecular flexibility index (Phi) is 3.88. The number of nitrogens with two attached hydrogens (primary N) is 1. The lowest BCUT2D eigenvalue weighted by Gasteiger charge is -2.15. The van der Waals surface area contributed by atoms with Crippen molar-refractivity contribution in [1.82, 2.24) is 14.5 Å². The molecule has 0 spiro atoms. The van der Waals surface area contributed by atoms with Crippen molar-refractivity contribution in [3.8, 4) is 11.5 Å². The van der Waals surface area contributed by atoms with Gasteiger partial charge in [0.1, 0.15) is 0 Å². The van der Waals surface area contributed by atoms with Gasteiger partial charge < -0.3 is 24.7 Å². The number of hydrogen-bond acceptors (Lipinski definition) is 5. The van der Waals surface area contributed by atoms with Crippen LogP contribution < -0.4 is 15.2 Å². The fourth-order valence-electron chi connectivity index (χ4n) is 3.47. The van der Waals surface area contributed by atoms with Gasteiger partial charge in [0.25, 0.3) is 0 Å². The van der Waals surface area contributed by atoms with Crippen LogP contribution in [-0.2, 0) is 13.5 Å². The molecular weight excluding hydrogens is 330 g/mol. The lowest BCUT2D eigenvalue weighted by atomic mass is 10.0. The third kappa shape index (κ3) is 3.32. The Morgan fingerprint density at radius 3 is 2.84 bits per heavy atom. The van der Waals surface area contributed by atoms with E-state index in [1.54, 1.807) is 18.5 Å². The number of hydrogen-bond donors (Lipinski definition) is 1. The van der Waals surface area contributed by atoms with Gasteiger partial charge in [0, 0.05) is 44.8 Å². The van der Waals surface area contributed by atoms with Crippen LogP contribution in [0, 0.1) is 0 Å². The number of alkyl halides is 2. The van der Waals surface area contributed by atoms with Crippen LogP contribution in [0.1, 0.15) is 17.2 Å². The average molecular weight is 350 g/mol.